The first-order valence-corrected chi connectivity index (χ1v) is 6.31. The van der Waals surface area contributed by atoms with Crippen LogP contribution >= 0.6 is 0 Å². The molecule has 90 valence electrons. The van der Waals surface area contributed by atoms with Crippen LogP contribution in [0.3, 0.4) is 0 Å². The number of pyridine rings is 1. The van der Waals surface area contributed by atoms with Gasteiger partial charge in [0.15, 0.2) is 0 Å². The van der Waals surface area contributed by atoms with E-state index in [4.69, 9.17) is 5.73 Å². The van der Waals surface area contributed by atoms with Crippen molar-refractivity contribution in [2.75, 3.05) is 23.7 Å². The topological polar surface area (TPSA) is 46.6 Å². The summed E-state index contributed by atoms with van der Waals surface area (Å²) < 4.78 is 2.09. The molecule has 3 rings (SSSR count). The molecule has 1 aliphatic rings. The van der Waals surface area contributed by atoms with E-state index < -0.39 is 0 Å². The second-order valence-electron chi connectivity index (χ2n) is 4.60. The number of rotatable bonds is 2. The van der Waals surface area contributed by atoms with Gasteiger partial charge >= 0.3 is 0 Å². The molecule has 2 aromatic heterocycles. The summed E-state index contributed by atoms with van der Waals surface area (Å²) in [6, 6.07) is 4.32. The number of fused-ring (bicyclic) bond motifs is 1. The van der Waals surface area contributed by atoms with Gasteiger partial charge in [0.25, 0.3) is 0 Å². The maximum absolute atomic E-state index is 5.97. The molecule has 0 radical (unpaired) electrons. The lowest BCUT2D eigenvalue weighted by Gasteiger charge is -2.17. The number of nitrogens with zero attached hydrogens (tertiary/aromatic N) is 3. The highest BCUT2D eigenvalue weighted by Gasteiger charge is 2.14. The highest BCUT2D eigenvalue weighted by Crippen LogP contribution is 2.25. The molecule has 1 fully saturated rings. The van der Waals surface area contributed by atoms with Gasteiger partial charge in [-0.2, -0.15) is 0 Å². The Kier molecular flexibility index (Phi) is 2.42. The van der Waals surface area contributed by atoms with Gasteiger partial charge in [-0.05, 0) is 25.0 Å². The fourth-order valence-corrected chi connectivity index (χ4v) is 2.58. The molecule has 2 N–H and O–H groups in total. The normalized spacial score (nSPS) is 15.9. The monoisotopic (exact) mass is 230 g/mol. The molecule has 17 heavy (non-hydrogen) atoms. The zero-order chi connectivity index (χ0) is 11.8. The van der Waals surface area contributed by atoms with Crippen LogP contribution in [0.4, 0.5) is 11.5 Å². The van der Waals surface area contributed by atoms with Crippen molar-refractivity contribution in [3.05, 3.63) is 24.2 Å². The van der Waals surface area contributed by atoms with E-state index in [2.05, 4.69) is 39.5 Å². The van der Waals surface area contributed by atoms with Gasteiger partial charge in [0.2, 0.25) is 0 Å². The summed E-state index contributed by atoms with van der Waals surface area (Å²) in [5, 5.41) is 0. The lowest BCUT2D eigenvalue weighted by molar-refractivity contribution is 0.926. The van der Waals surface area contributed by atoms with Crippen LogP contribution in [0.1, 0.15) is 25.6 Å². The van der Waals surface area contributed by atoms with Gasteiger partial charge in [-0.3, -0.25) is 0 Å². The predicted molar refractivity (Wildman–Crippen MR) is 70.4 cm³/mol. The number of hydrogen-bond acceptors (Lipinski definition) is 3. The molecule has 4 heteroatoms. The molecule has 3 heterocycles. The van der Waals surface area contributed by atoms with Gasteiger partial charge in [0, 0.05) is 31.4 Å². The summed E-state index contributed by atoms with van der Waals surface area (Å²) in [6.45, 7) is 4.41. The van der Waals surface area contributed by atoms with Gasteiger partial charge in [-0.1, -0.05) is 6.92 Å². The Morgan fingerprint density at radius 1 is 1.35 bits per heavy atom. The number of aryl methyl sites for hydroxylation is 1. The standard InChI is InChI=1S/C13H18N4/c1-2-12-15-13(14)11-9-10(5-8-17(11)12)16-6-3-4-7-16/h5,8-9H,2-4,6-7,14H2,1H3. The molecule has 1 aliphatic heterocycles. The summed E-state index contributed by atoms with van der Waals surface area (Å²) in [4.78, 5) is 6.81. The van der Waals surface area contributed by atoms with Crippen molar-refractivity contribution in [2.24, 2.45) is 0 Å². The first-order valence-electron chi connectivity index (χ1n) is 6.31. The third kappa shape index (κ3) is 1.64. The summed E-state index contributed by atoms with van der Waals surface area (Å²) in [6.07, 6.45) is 5.58. The van der Waals surface area contributed by atoms with Crippen molar-refractivity contribution >= 4 is 17.0 Å². The molecule has 0 saturated carbocycles. The van der Waals surface area contributed by atoms with E-state index in [0.29, 0.717) is 5.82 Å². The second-order valence-corrected chi connectivity index (χ2v) is 4.60. The van der Waals surface area contributed by atoms with Gasteiger partial charge in [0.1, 0.15) is 11.6 Å². The molecule has 0 spiro atoms. The van der Waals surface area contributed by atoms with E-state index in [1.165, 1.54) is 18.5 Å². The highest BCUT2D eigenvalue weighted by molar-refractivity contribution is 5.72. The summed E-state index contributed by atoms with van der Waals surface area (Å²) in [5.74, 6) is 1.67. The first kappa shape index (κ1) is 10.4. The van der Waals surface area contributed by atoms with Crippen LogP contribution < -0.4 is 10.6 Å². The largest absolute Gasteiger partial charge is 0.382 e. The SMILES string of the molecule is CCc1nc(N)c2cc(N3CCCC3)ccn12. The van der Waals surface area contributed by atoms with Crippen LogP contribution in [0.5, 0.6) is 0 Å². The number of imidazole rings is 1. The Labute approximate surface area is 101 Å². The quantitative estimate of drug-likeness (QED) is 0.859. The number of nitrogen functional groups attached to an aromatic ring is 1. The molecule has 1 saturated heterocycles. The fraction of sp³-hybridized carbons (Fsp3) is 0.462. The van der Waals surface area contributed by atoms with E-state index in [1.807, 2.05) is 0 Å². The molecule has 0 atom stereocenters. The van der Waals surface area contributed by atoms with E-state index in [9.17, 15) is 0 Å². The van der Waals surface area contributed by atoms with Crippen LogP contribution in [0, 0.1) is 0 Å². The fourth-order valence-electron chi connectivity index (χ4n) is 2.58. The van der Waals surface area contributed by atoms with Crippen molar-refractivity contribution in [3.63, 3.8) is 0 Å². The third-order valence-electron chi connectivity index (χ3n) is 3.52. The Bertz CT molecular complexity index is 538. The summed E-state index contributed by atoms with van der Waals surface area (Å²) >= 11 is 0. The third-order valence-corrected chi connectivity index (χ3v) is 3.52. The minimum absolute atomic E-state index is 0.642. The Morgan fingerprint density at radius 3 is 2.82 bits per heavy atom. The van der Waals surface area contributed by atoms with E-state index in [0.717, 1.165) is 30.9 Å². The Morgan fingerprint density at radius 2 is 2.12 bits per heavy atom. The van der Waals surface area contributed by atoms with E-state index in [-0.39, 0.29) is 0 Å². The lowest BCUT2D eigenvalue weighted by atomic mass is 10.3. The van der Waals surface area contributed by atoms with Crippen LogP contribution in [-0.4, -0.2) is 22.5 Å². The molecule has 0 unspecified atom stereocenters. The average molecular weight is 230 g/mol. The zero-order valence-electron chi connectivity index (χ0n) is 10.2. The van der Waals surface area contributed by atoms with Gasteiger partial charge in [0.05, 0.1) is 5.52 Å². The van der Waals surface area contributed by atoms with Crippen molar-refractivity contribution < 1.29 is 0 Å². The van der Waals surface area contributed by atoms with Gasteiger partial charge in [-0.15, -0.1) is 0 Å². The summed E-state index contributed by atoms with van der Waals surface area (Å²) in [5.41, 5.74) is 8.27. The number of hydrogen-bond donors (Lipinski definition) is 1. The van der Waals surface area contributed by atoms with Gasteiger partial charge in [-0.25, -0.2) is 4.98 Å². The maximum Gasteiger partial charge on any atom is 0.149 e. The summed E-state index contributed by atoms with van der Waals surface area (Å²) in [7, 11) is 0. The Balaban J connectivity index is 2.09. The zero-order valence-corrected chi connectivity index (χ0v) is 10.2. The number of aromatic nitrogens is 2. The molecule has 0 aromatic carbocycles. The van der Waals surface area contributed by atoms with Crippen LogP contribution in [0.2, 0.25) is 0 Å². The molecule has 4 nitrogen and oxygen atoms in total. The van der Waals surface area contributed by atoms with Crippen molar-refractivity contribution in [1.29, 1.82) is 0 Å². The molecule has 0 amide bonds. The first-order chi connectivity index (χ1) is 8.29. The molecule has 0 aliphatic carbocycles. The van der Waals surface area contributed by atoms with Crippen molar-refractivity contribution in [2.45, 2.75) is 26.2 Å². The molecule has 2 aromatic rings. The van der Waals surface area contributed by atoms with Gasteiger partial charge < -0.3 is 15.0 Å². The minimum atomic E-state index is 0.642. The smallest absolute Gasteiger partial charge is 0.149 e. The lowest BCUT2D eigenvalue weighted by Crippen LogP contribution is -2.17. The number of nitrogens with two attached hydrogens (primary N) is 1. The average Bonchev–Trinajstić information content (AvgIpc) is 2.97. The van der Waals surface area contributed by atoms with Crippen LogP contribution in [0.25, 0.3) is 5.52 Å². The second kappa shape index (κ2) is 3.95. The predicted octanol–water partition coefficient (Wildman–Crippen LogP) is 2.08. The molecular formula is C13H18N4. The maximum atomic E-state index is 5.97. The molecular weight excluding hydrogens is 212 g/mol. The van der Waals surface area contributed by atoms with Crippen LogP contribution in [-0.2, 0) is 6.42 Å². The molecule has 0 bridgehead atoms. The Hall–Kier alpha value is -1.71. The van der Waals surface area contributed by atoms with E-state index in [1.54, 1.807) is 0 Å². The minimum Gasteiger partial charge on any atom is -0.382 e. The van der Waals surface area contributed by atoms with Crippen molar-refractivity contribution in [3.8, 4) is 0 Å². The number of anilines is 2. The van der Waals surface area contributed by atoms with E-state index >= 15 is 0 Å². The van der Waals surface area contributed by atoms with Crippen LogP contribution in [0.15, 0.2) is 18.3 Å². The highest BCUT2D eigenvalue weighted by atomic mass is 15.2. The van der Waals surface area contributed by atoms with Crippen molar-refractivity contribution in [1.82, 2.24) is 9.38 Å².